The molecule has 0 radical (unpaired) electrons. The number of anilines is 1. The predicted molar refractivity (Wildman–Crippen MR) is 65.7 cm³/mol. The molecule has 88 valence electrons. The van der Waals surface area contributed by atoms with E-state index in [2.05, 4.69) is 4.90 Å². The van der Waals surface area contributed by atoms with Gasteiger partial charge in [-0.1, -0.05) is 17.7 Å². The van der Waals surface area contributed by atoms with Crippen molar-refractivity contribution in [1.29, 1.82) is 0 Å². The number of para-hydroxylation sites is 1. The molecule has 16 heavy (non-hydrogen) atoms. The molecule has 0 N–H and O–H groups in total. The second-order valence-corrected chi connectivity index (χ2v) is 4.15. The number of nitrogens with zero attached hydrogens (tertiary/aromatic N) is 1. The SMILES string of the molecule is COc1c(Cl)cccc1N1CCCOCC1. The van der Waals surface area contributed by atoms with E-state index in [-0.39, 0.29) is 0 Å². The summed E-state index contributed by atoms with van der Waals surface area (Å²) in [6, 6.07) is 5.83. The average Bonchev–Trinajstić information content (AvgIpc) is 2.57. The van der Waals surface area contributed by atoms with Crippen LogP contribution in [0, 0.1) is 0 Å². The quantitative estimate of drug-likeness (QED) is 0.795. The fraction of sp³-hybridized carbons (Fsp3) is 0.500. The molecular weight excluding hydrogens is 226 g/mol. The van der Waals surface area contributed by atoms with E-state index in [1.807, 2.05) is 18.2 Å². The van der Waals surface area contributed by atoms with E-state index >= 15 is 0 Å². The largest absolute Gasteiger partial charge is 0.493 e. The minimum absolute atomic E-state index is 0.658. The van der Waals surface area contributed by atoms with Gasteiger partial charge in [0.05, 0.1) is 24.4 Å². The summed E-state index contributed by atoms with van der Waals surface area (Å²) in [5.74, 6) is 0.756. The van der Waals surface area contributed by atoms with Gasteiger partial charge in [0.25, 0.3) is 0 Å². The first-order valence-electron chi connectivity index (χ1n) is 5.48. The van der Waals surface area contributed by atoms with Crippen molar-refractivity contribution in [1.82, 2.24) is 0 Å². The lowest BCUT2D eigenvalue weighted by Gasteiger charge is -2.24. The zero-order chi connectivity index (χ0) is 11.4. The van der Waals surface area contributed by atoms with Crippen molar-refractivity contribution in [3.63, 3.8) is 0 Å². The van der Waals surface area contributed by atoms with Crippen LogP contribution in [0.15, 0.2) is 18.2 Å². The topological polar surface area (TPSA) is 21.7 Å². The first kappa shape index (κ1) is 11.6. The summed E-state index contributed by atoms with van der Waals surface area (Å²) in [4.78, 5) is 2.26. The van der Waals surface area contributed by atoms with E-state index in [4.69, 9.17) is 21.1 Å². The molecule has 3 nitrogen and oxygen atoms in total. The molecule has 0 aromatic heterocycles. The number of hydrogen-bond donors (Lipinski definition) is 0. The molecule has 4 heteroatoms. The van der Waals surface area contributed by atoms with Gasteiger partial charge < -0.3 is 14.4 Å². The fourth-order valence-electron chi connectivity index (χ4n) is 1.94. The summed E-state index contributed by atoms with van der Waals surface area (Å²) in [7, 11) is 1.65. The number of halogens is 1. The van der Waals surface area contributed by atoms with Crippen molar-refractivity contribution in [2.45, 2.75) is 6.42 Å². The van der Waals surface area contributed by atoms with Crippen LogP contribution >= 0.6 is 11.6 Å². The van der Waals surface area contributed by atoms with Crippen LogP contribution < -0.4 is 9.64 Å². The minimum atomic E-state index is 0.658. The Bertz CT molecular complexity index is 349. The van der Waals surface area contributed by atoms with Gasteiger partial charge in [-0.15, -0.1) is 0 Å². The lowest BCUT2D eigenvalue weighted by atomic mass is 10.2. The summed E-state index contributed by atoms with van der Waals surface area (Å²) in [5, 5.41) is 0.658. The maximum absolute atomic E-state index is 6.11. The Kier molecular flexibility index (Phi) is 3.91. The molecule has 1 fully saturated rings. The zero-order valence-corrected chi connectivity index (χ0v) is 10.2. The molecule has 2 rings (SSSR count). The third kappa shape index (κ3) is 2.42. The molecule has 0 spiro atoms. The molecule has 1 heterocycles. The third-order valence-corrected chi connectivity index (χ3v) is 3.01. The highest BCUT2D eigenvalue weighted by atomic mass is 35.5. The Hall–Kier alpha value is -0.930. The standard InChI is InChI=1S/C12H16ClNO2/c1-15-12-10(13)4-2-5-11(12)14-6-3-8-16-9-7-14/h2,4-5H,3,6-9H2,1H3. The summed E-state index contributed by atoms with van der Waals surface area (Å²) in [5.41, 5.74) is 1.06. The summed E-state index contributed by atoms with van der Waals surface area (Å²) < 4.78 is 10.8. The number of hydrogen-bond acceptors (Lipinski definition) is 3. The van der Waals surface area contributed by atoms with Gasteiger partial charge in [0.15, 0.2) is 5.75 Å². The van der Waals surface area contributed by atoms with Gasteiger partial charge in [-0.05, 0) is 18.6 Å². The number of rotatable bonds is 2. The lowest BCUT2D eigenvalue weighted by Crippen LogP contribution is -2.26. The smallest absolute Gasteiger partial charge is 0.160 e. The summed E-state index contributed by atoms with van der Waals surface area (Å²) >= 11 is 6.11. The van der Waals surface area contributed by atoms with Crippen molar-refractivity contribution in [2.24, 2.45) is 0 Å². The molecule has 1 saturated heterocycles. The number of ether oxygens (including phenoxy) is 2. The minimum Gasteiger partial charge on any atom is -0.493 e. The maximum Gasteiger partial charge on any atom is 0.160 e. The van der Waals surface area contributed by atoms with Crippen molar-refractivity contribution in [3.05, 3.63) is 23.2 Å². The van der Waals surface area contributed by atoms with Crippen LogP contribution in [0.3, 0.4) is 0 Å². The Morgan fingerprint density at radius 3 is 3.00 bits per heavy atom. The van der Waals surface area contributed by atoms with Crippen LogP contribution in [0.25, 0.3) is 0 Å². The van der Waals surface area contributed by atoms with Crippen molar-refractivity contribution < 1.29 is 9.47 Å². The zero-order valence-electron chi connectivity index (χ0n) is 9.41. The molecule has 1 aromatic carbocycles. The van der Waals surface area contributed by atoms with Gasteiger partial charge in [-0.3, -0.25) is 0 Å². The molecule has 1 aliphatic rings. The van der Waals surface area contributed by atoms with Gasteiger partial charge in [-0.25, -0.2) is 0 Å². The summed E-state index contributed by atoms with van der Waals surface area (Å²) in [6.07, 6.45) is 1.04. The number of methoxy groups -OCH3 is 1. The molecule has 0 unspecified atom stereocenters. The van der Waals surface area contributed by atoms with E-state index < -0.39 is 0 Å². The van der Waals surface area contributed by atoms with E-state index in [1.54, 1.807) is 7.11 Å². The Balaban J connectivity index is 2.27. The first-order valence-corrected chi connectivity index (χ1v) is 5.86. The van der Waals surface area contributed by atoms with Crippen LogP contribution in [0.1, 0.15) is 6.42 Å². The van der Waals surface area contributed by atoms with E-state index in [9.17, 15) is 0 Å². The molecule has 0 aliphatic carbocycles. The van der Waals surface area contributed by atoms with E-state index in [0.717, 1.165) is 44.2 Å². The molecule has 1 aromatic rings. The summed E-state index contributed by atoms with van der Waals surface area (Å²) in [6.45, 7) is 3.46. The Labute approximate surface area is 101 Å². The second-order valence-electron chi connectivity index (χ2n) is 3.75. The normalized spacial score (nSPS) is 17.0. The van der Waals surface area contributed by atoms with Gasteiger partial charge >= 0.3 is 0 Å². The second kappa shape index (κ2) is 5.41. The third-order valence-electron chi connectivity index (χ3n) is 2.71. The van der Waals surface area contributed by atoms with Gasteiger partial charge in [0, 0.05) is 19.7 Å². The van der Waals surface area contributed by atoms with Crippen LogP contribution in [-0.4, -0.2) is 33.4 Å². The average molecular weight is 242 g/mol. The van der Waals surface area contributed by atoms with E-state index in [0.29, 0.717) is 5.02 Å². The maximum atomic E-state index is 6.11. The number of benzene rings is 1. The van der Waals surface area contributed by atoms with Gasteiger partial charge in [-0.2, -0.15) is 0 Å². The highest BCUT2D eigenvalue weighted by molar-refractivity contribution is 6.32. The van der Waals surface area contributed by atoms with Crippen LogP contribution in [0.4, 0.5) is 5.69 Å². The van der Waals surface area contributed by atoms with Crippen molar-refractivity contribution >= 4 is 17.3 Å². The molecule has 0 amide bonds. The lowest BCUT2D eigenvalue weighted by molar-refractivity contribution is 0.152. The highest BCUT2D eigenvalue weighted by Crippen LogP contribution is 2.35. The highest BCUT2D eigenvalue weighted by Gasteiger charge is 2.15. The van der Waals surface area contributed by atoms with Gasteiger partial charge in [0.1, 0.15) is 0 Å². The predicted octanol–water partition coefficient (Wildman–Crippen LogP) is 2.58. The Morgan fingerprint density at radius 1 is 1.31 bits per heavy atom. The molecule has 0 bridgehead atoms. The van der Waals surface area contributed by atoms with Crippen LogP contribution in [-0.2, 0) is 4.74 Å². The van der Waals surface area contributed by atoms with Gasteiger partial charge in [0.2, 0.25) is 0 Å². The monoisotopic (exact) mass is 241 g/mol. The Morgan fingerprint density at radius 2 is 2.19 bits per heavy atom. The van der Waals surface area contributed by atoms with Crippen molar-refractivity contribution in [2.75, 3.05) is 38.3 Å². The van der Waals surface area contributed by atoms with Crippen LogP contribution in [0.5, 0.6) is 5.75 Å². The van der Waals surface area contributed by atoms with Crippen molar-refractivity contribution in [3.8, 4) is 5.75 Å². The molecule has 1 aliphatic heterocycles. The van der Waals surface area contributed by atoms with E-state index in [1.165, 1.54) is 0 Å². The molecular formula is C12H16ClNO2. The molecule has 0 saturated carbocycles. The molecule has 0 atom stereocenters. The first-order chi connectivity index (χ1) is 7.83. The fourth-order valence-corrected chi connectivity index (χ4v) is 2.18. The van der Waals surface area contributed by atoms with Crippen LogP contribution in [0.2, 0.25) is 5.02 Å².